The number of nitrogens with one attached hydrogen (secondary N) is 2. The molecule has 11 heteroatoms. The average molecular weight is 596 g/mol. The monoisotopic (exact) mass is 595 g/mol. The molecule has 5 rings (SSSR count). The molecular formula is C29H30ClN5O3S2. The van der Waals surface area contributed by atoms with E-state index in [2.05, 4.69) is 46.4 Å². The lowest BCUT2D eigenvalue weighted by atomic mass is 9.96. The second-order valence-electron chi connectivity index (χ2n) is 9.85. The second-order valence-corrected chi connectivity index (χ2v) is 12.4. The lowest BCUT2D eigenvalue weighted by Gasteiger charge is -2.29. The zero-order valence-electron chi connectivity index (χ0n) is 22.8. The van der Waals surface area contributed by atoms with Gasteiger partial charge in [0.1, 0.15) is 5.75 Å². The van der Waals surface area contributed by atoms with Crippen LogP contribution in [0.3, 0.4) is 0 Å². The molecule has 8 nitrogen and oxygen atoms in total. The Balaban J connectivity index is 1.70. The number of nitrogens with zero attached hydrogens (tertiary/aromatic N) is 3. The van der Waals surface area contributed by atoms with Crippen molar-refractivity contribution in [3.8, 4) is 11.4 Å². The molecule has 40 heavy (non-hydrogen) atoms. The molecule has 3 heterocycles. The molecule has 0 unspecified atom stereocenters. The summed E-state index contributed by atoms with van der Waals surface area (Å²) >= 11 is 12.3. The average Bonchev–Trinajstić information content (AvgIpc) is 3.40. The molecule has 2 aromatic carbocycles. The Morgan fingerprint density at radius 1 is 1.07 bits per heavy atom. The molecule has 0 spiro atoms. The standard InChI is InChI=1S/C29H30ClN5O3S2/c1-17-9-10-20(30)15-25(17)34-18(2)14-22(19(34)3)28-27(23-8-6-7-13-31-23)32-29(39)35(28)21-11-12-26(38-4)24(16-21)33-40(5,36)37/h6-16,27-28,33H,1-5H3,(H,32,39)/t27-,28+/m0/s1. The summed E-state index contributed by atoms with van der Waals surface area (Å²) in [5, 5.41) is 4.64. The lowest BCUT2D eigenvalue weighted by Crippen LogP contribution is -2.29. The van der Waals surface area contributed by atoms with Gasteiger partial charge in [-0.2, -0.15) is 0 Å². The third kappa shape index (κ3) is 5.26. The molecule has 0 saturated carbocycles. The second kappa shape index (κ2) is 10.8. The highest BCUT2D eigenvalue weighted by Gasteiger charge is 2.42. The number of aromatic nitrogens is 2. The fourth-order valence-electron chi connectivity index (χ4n) is 5.36. The third-order valence-corrected chi connectivity index (χ3v) is 8.20. The molecule has 1 aliphatic heterocycles. The largest absolute Gasteiger partial charge is 0.495 e. The van der Waals surface area contributed by atoms with Crippen molar-refractivity contribution in [1.82, 2.24) is 14.9 Å². The Kier molecular flexibility index (Phi) is 7.52. The van der Waals surface area contributed by atoms with Crippen molar-refractivity contribution in [3.63, 3.8) is 0 Å². The normalized spacial score (nSPS) is 17.1. The minimum atomic E-state index is -3.55. The van der Waals surface area contributed by atoms with Gasteiger partial charge in [-0.1, -0.05) is 23.7 Å². The van der Waals surface area contributed by atoms with Gasteiger partial charge in [0.2, 0.25) is 10.0 Å². The highest BCUT2D eigenvalue weighted by atomic mass is 35.5. The summed E-state index contributed by atoms with van der Waals surface area (Å²) < 4.78 is 34.4. The van der Waals surface area contributed by atoms with E-state index in [-0.39, 0.29) is 12.1 Å². The first-order chi connectivity index (χ1) is 19.0. The summed E-state index contributed by atoms with van der Waals surface area (Å²) in [4.78, 5) is 6.66. The molecule has 0 bridgehead atoms. The maximum absolute atomic E-state index is 12.1. The third-order valence-electron chi connectivity index (χ3n) is 7.06. The summed E-state index contributed by atoms with van der Waals surface area (Å²) in [6, 6.07) is 18.6. The highest BCUT2D eigenvalue weighted by Crippen LogP contribution is 2.45. The van der Waals surface area contributed by atoms with E-state index >= 15 is 0 Å². The summed E-state index contributed by atoms with van der Waals surface area (Å²) in [5.41, 5.74) is 7.10. The minimum Gasteiger partial charge on any atom is -0.495 e. The smallest absolute Gasteiger partial charge is 0.229 e. The SMILES string of the molecule is COc1ccc(N2C(=S)N[C@@H](c3ccccn3)[C@H]2c2cc(C)n(-c3cc(Cl)ccc3C)c2C)cc1NS(C)(=O)=O. The van der Waals surface area contributed by atoms with Crippen molar-refractivity contribution in [3.05, 3.63) is 100 Å². The molecular weight excluding hydrogens is 566 g/mol. The molecule has 2 atom stereocenters. The van der Waals surface area contributed by atoms with Gasteiger partial charge in [-0.25, -0.2) is 8.42 Å². The molecule has 208 valence electrons. The Morgan fingerprint density at radius 3 is 2.52 bits per heavy atom. The molecule has 2 aromatic heterocycles. The maximum Gasteiger partial charge on any atom is 0.229 e. The number of halogens is 1. The van der Waals surface area contributed by atoms with Gasteiger partial charge in [-0.05, 0) is 92.6 Å². The first kappa shape index (κ1) is 27.9. The van der Waals surface area contributed by atoms with Crippen LogP contribution < -0.4 is 19.7 Å². The quantitative estimate of drug-likeness (QED) is 0.253. The van der Waals surface area contributed by atoms with Crippen LogP contribution in [0.4, 0.5) is 11.4 Å². The first-order valence-electron chi connectivity index (χ1n) is 12.6. The van der Waals surface area contributed by atoms with E-state index in [0.717, 1.165) is 40.2 Å². The minimum absolute atomic E-state index is 0.267. The molecule has 1 saturated heterocycles. The number of anilines is 2. The van der Waals surface area contributed by atoms with Gasteiger partial charge >= 0.3 is 0 Å². The van der Waals surface area contributed by atoms with Gasteiger partial charge in [0.15, 0.2) is 5.11 Å². The van der Waals surface area contributed by atoms with E-state index in [0.29, 0.717) is 27.3 Å². The molecule has 1 fully saturated rings. The van der Waals surface area contributed by atoms with E-state index in [9.17, 15) is 8.42 Å². The topological polar surface area (TPSA) is 88.5 Å². The molecule has 0 aliphatic carbocycles. The van der Waals surface area contributed by atoms with E-state index in [1.807, 2.05) is 47.4 Å². The number of methoxy groups -OCH3 is 1. The number of hydrogen-bond donors (Lipinski definition) is 2. The molecule has 0 radical (unpaired) electrons. The molecule has 1 aliphatic rings. The number of sulfonamides is 1. The van der Waals surface area contributed by atoms with Crippen LogP contribution in [-0.4, -0.2) is 36.4 Å². The van der Waals surface area contributed by atoms with Gasteiger partial charge in [0.25, 0.3) is 0 Å². The van der Waals surface area contributed by atoms with Crippen LogP contribution in [0.1, 0.15) is 40.3 Å². The number of pyridine rings is 1. The maximum atomic E-state index is 12.1. The number of aryl methyl sites for hydroxylation is 2. The predicted octanol–water partition coefficient (Wildman–Crippen LogP) is 6.01. The first-order valence-corrected chi connectivity index (χ1v) is 15.3. The van der Waals surface area contributed by atoms with Crippen molar-refractivity contribution < 1.29 is 13.2 Å². The Hall–Kier alpha value is -3.60. The summed E-state index contributed by atoms with van der Waals surface area (Å²) in [5.74, 6) is 0.402. The van der Waals surface area contributed by atoms with Crippen molar-refractivity contribution in [2.24, 2.45) is 0 Å². The molecule has 0 amide bonds. The van der Waals surface area contributed by atoms with Crippen LogP contribution in [-0.2, 0) is 10.0 Å². The zero-order chi connectivity index (χ0) is 28.8. The Labute approximate surface area is 245 Å². The van der Waals surface area contributed by atoms with Crippen molar-refractivity contribution in [2.45, 2.75) is 32.9 Å². The lowest BCUT2D eigenvalue weighted by molar-refractivity contribution is 0.417. The fraction of sp³-hybridized carbons (Fsp3) is 0.241. The van der Waals surface area contributed by atoms with Crippen molar-refractivity contribution >= 4 is 50.3 Å². The van der Waals surface area contributed by atoms with E-state index in [1.54, 1.807) is 18.3 Å². The predicted molar refractivity (Wildman–Crippen MR) is 164 cm³/mol. The van der Waals surface area contributed by atoms with Crippen LogP contribution in [0.15, 0.2) is 66.9 Å². The van der Waals surface area contributed by atoms with Crippen LogP contribution >= 0.6 is 23.8 Å². The number of benzene rings is 2. The zero-order valence-corrected chi connectivity index (χ0v) is 25.2. The number of ether oxygens (including phenoxy) is 1. The number of thiocarbonyl (C=S) groups is 1. The van der Waals surface area contributed by atoms with Crippen molar-refractivity contribution in [2.75, 3.05) is 23.0 Å². The van der Waals surface area contributed by atoms with E-state index < -0.39 is 10.0 Å². The van der Waals surface area contributed by atoms with Gasteiger partial charge in [0, 0.05) is 34.0 Å². The molecule has 4 aromatic rings. The van der Waals surface area contributed by atoms with Crippen LogP contribution in [0.25, 0.3) is 5.69 Å². The van der Waals surface area contributed by atoms with Gasteiger partial charge < -0.3 is 19.5 Å². The number of rotatable bonds is 7. The fourth-order valence-corrected chi connectivity index (χ4v) is 6.43. The van der Waals surface area contributed by atoms with Crippen molar-refractivity contribution in [1.29, 1.82) is 0 Å². The molecule has 2 N–H and O–H groups in total. The Morgan fingerprint density at radius 2 is 1.85 bits per heavy atom. The van der Waals surface area contributed by atoms with Gasteiger partial charge in [-0.15, -0.1) is 0 Å². The Bertz CT molecular complexity index is 1710. The summed E-state index contributed by atoms with van der Waals surface area (Å²) in [7, 11) is -2.05. The van der Waals surface area contributed by atoms with E-state index in [4.69, 9.17) is 28.6 Å². The summed E-state index contributed by atoms with van der Waals surface area (Å²) in [6.07, 6.45) is 2.87. The number of hydrogen-bond acceptors (Lipinski definition) is 5. The van der Waals surface area contributed by atoms with E-state index in [1.165, 1.54) is 7.11 Å². The van der Waals surface area contributed by atoms with Gasteiger partial charge in [-0.3, -0.25) is 9.71 Å². The van der Waals surface area contributed by atoms with Crippen LogP contribution in [0, 0.1) is 20.8 Å². The van der Waals surface area contributed by atoms with Crippen LogP contribution in [0.2, 0.25) is 5.02 Å². The summed E-state index contributed by atoms with van der Waals surface area (Å²) in [6.45, 7) is 6.22. The van der Waals surface area contributed by atoms with Crippen LogP contribution in [0.5, 0.6) is 5.75 Å². The van der Waals surface area contributed by atoms with Gasteiger partial charge in [0.05, 0.1) is 36.8 Å². The highest BCUT2D eigenvalue weighted by molar-refractivity contribution is 7.92.